The quantitative estimate of drug-likeness (QED) is 0.781. The van der Waals surface area contributed by atoms with Crippen molar-refractivity contribution in [3.05, 3.63) is 46.6 Å². The van der Waals surface area contributed by atoms with Crippen molar-refractivity contribution in [2.24, 2.45) is 5.92 Å². The van der Waals surface area contributed by atoms with Crippen molar-refractivity contribution in [3.63, 3.8) is 0 Å². The van der Waals surface area contributed by atoms with Crippen LogP contribution in [-0.2, 0) is 4.79 Å². The summed E-state index contributed by atoms with van der Waals surface area (Å²) in [6.45, 7) is 1.05. The molecule has 3 rings (SSSR count). The van der Waals surface area contributed by atoms with Crippen LogP contribution in [0.5, 0.6) is 11.6 Å². The van der Waals surface area contributed by atoms with Gasteiger partial charge in [0.05, 0.1) is 5.02 Å². The Morgan fingerprint density at radius 2 is 2.12 bits per heavy atom. The number of hydrogen-bond acceptors (Lipinski definition) is 4. The van der Waals surface area contributed by atoms with Gasteiger partial charge < -0.3 is 15.4 Å². The third kappa shape index (κ3) is 5.06. The molecule has 1 amide bonds. The van der Waals surface area contributed by atoms with E-state index in [1.165, 1.54) is 6.20 Å². The number of ether oxygens (including phenoxy) is 1. The maximum Gasteiger partial charge on any atom is 0.238 e. The van der Waals surface area contributed by atoms with E-state index >= 15 is 0 Å². The summed E-state index contributed by atoms with van der Waals surface area (Å²) in [4.78, 5) is 16.1. The minimum absolute atomic E-state index is 0.172. The average Bonchev–Trinajstić information content (AvgIpc) is 2.61. The van der Waals surface area contributed by atoms with Crippen molar-refractivity contribution in [3.8, 4) is 11.6 Å². The Morgan fingerprint density at radius 3 is 2.81 bits per heavy atom. The molecule has 8 heteroatoms. The smallest absolute Gasteiger partial charge is 0.238 e. The van der Waals surface area contributed by atoms with Gasteiger partial charge in [0.2, 0.25) is 11.8 Å². The van der Waals surface area contributed by atoms with E-state index in [0.29, 0.717) is 34.4 Å². The molecular formula is C18H18Cl2FN3O2. The number of benzene rings is 1. The number of piperidine rings is 1. The van der Waals surface area contributed by atoms with E-state index in [0.717, 1.165) is 6.54 Å². The van der Waals surface area contributed by atoms with Gasteiger partial charge in [0.1, 0.15) is 16.9 Å². The van der Waals surface area contributed by atoms with Crippen LogP contribution in [0.1, 0.15) is 12.8 Å². The molecule has 0 radical (unpaired) electrons. The third-order valence-electron chi connectivity index (χ3n) is 4.12. The Kier molecular flexibility index (Phi) is 6.29. The lowest BCUT2D eigenvalue weighted by Crippen LogP contribution is -2.39. The van der Waals surface area contributed by atoms with Gasteiger partial charge in [0.25, 0.3) is 0 Å². The van der Waals surface area contributed by atoms with E-state index in [-0.39, 0.29) is 24.1 Å². The number of carbonyl (C=O) groups excluding carboxylic acids is 1. The predicted octanol–water partition coefficient (Wildman–Crippen LogP) is 4.46. The highest BCUT2D eigenvalue weighted by atomic mass is 35.5. The zero-order valence-electron chi connectivity index (χ0n) is 13.8. The van der Waals surface area contributed by atoms with Crippen molar-refractivity contribution in [1.82, 2.24) is 10.3 Å². The molecule has 0 bridgehead atoms. The number of amides is 1. The molecule has 5 nitrogen and oxygen atoms in total. The Hall–Kier alpha value is -1.89. The van der Waals surface area contributed by atoms with Crippen LogP contribution in [0.4, 0.5) is 10.1 Å². The minimum atomic E-state index is -0.984. The maximum atomic E-state index is 13.8. The molecule has 26 heavy (non-hydrogen) atoms. The lowest BCUT2D eigenvalue weighted by Gasteiger charge is -2.26. The van der Waals surface area contributed by atoms with Crippen molar-refractivity contribution in [2.45, 2.75) is 19.0 Å². The predicted molar refractivity (Wildman–Crippen MR) is 99.9 cm³/mol. The van der Waals surface area contributed by atoms with Crippen molar-refractivity contribution >= 4 is 34.8 Å². The fourth-order valence-electron chi connectivity index (χ4n) is 2.75. The van der Waals surface area contributed by atoms with Gasteiger partial charge in [-0.1, -0.05) is 23.2 Å². The molecule has 2 atom stereocenters. The summed E-state index contributed by atoms with van der Waals surface area (Å²) in [5, 5.41) is 6.48. The van der Waals surface area contributed by atoms with Crippen molar-refractivity contribution in [1.29, 1.82) is 0 Å². The number of carbonyl (C=O) groups is 1. The van der Waals surface area contributed by atoms with Crippen LogP contribution >= 0.6 is 23.2 Å². The number of rotatable bonds is 5. The van der Waals surface area contributed by atoms with Gasteiger partial charge in [-0.25, -0.2) is 9.37 Å². The van der Waals surface area contributed by atoms with Gasteiger partial charge in [-0.15, -0.1) is 0 Å². The van der Waals surface area contributed by atoms with Gasteiger partial charge in [-0.05, 0) is 43.3 Å². The summed E-state index contributed by atoms with van der Waals surface area (Å²) in [6, 6.07) is 8.31. The monoisotopic (exact) mass is 397 g/mol. The number of anilines is 1. The van der Waals surface area contributed by atoms with E-state index in [4.69, 9.17) is 27.9 Å². The SMILES string of the molecule is O=C(CC1CCNCC1F)Nc1ccc(Oc2ncc(Cl)cc2Cl)cc1. The van der Waals surface area contributed by atoms with E-state index in [2.05, 4.69) is 15.6 Å². The lowest BCUT2D eigenvalue weighted by atomic mass is 9.92. The molecule has 1 aliphatic rings. The minimum Gasteiger partial charge on any atom is -0.438 e. The van der Waals surface area contributed by atoms with Gasteiger partial charge in [-0.3, -0.25) is 4.79 Å². The largest absolute Gasteiger partial charge is 0.438 e. The number of pyridine rings is 1. The molecule has 0 spiro atoms. The summed E-state index contributed by atoms with van der Waals surface area (Å²) in [5.41, 5.74) is 0.613. The molecular weight excluding hydrogens is 380 g/mol. The zero-order chi connectivity index (χ0) is 18.5. The molecule has 1 aliphatic heterocycles. The summed E-state index contributed by atoms with van der Waals surface area (Å²) < 4.78 is 19.4. The standard InChI is InChI=1S/C18H18Cl2FN3O2/c19-12-8-15(20)18(23-9-12)26-14-3-1-13(2-4-14)24-17(25)7-11-5-6-22-10-16(11)21/h1-4,8-9,11,16,22H,5-7,10H2,(H,24,25). The number of nitrogens with one attached hydrogen (secondary N) is 2. The fraction of sp³-hybridized carbons (Fsp3) is 0.333. The van der Waals surface area contributed by atoms with Crippen LogP contribution < -0.4 is 15.4 Å². The molecule has 0 saturated carbocycles. The molecule has 1 saturated heterocycles. The summed E-state index contributed by atoms with van der Waals surface area (Å²) in [7, 11) is 0. The Bertz CT molecular complexity index is 774. The highest BCUT2D eigenvalue weighted by molar-refractivity contribution is 6.35. The van der Waals surface area contributed by atoms with Crippen LogP contribution in [0, 0.1) is 5.92 Å². The second kappa shape index (κ2) is 8.66. The normalized spacial score (nSPS) is 19.8. The van der Waals surface area contributed by atoms with E-state index in [1.807, 2.05) is 0 Å². The van der Waals surface area contributed by atoms with E-state index in [9.17, 15) is 9.18 Å². The first kappa shape index (κ1) is 18.9. The Labute approximate surface area is 160 Å². The molecule has 2 N–H and O–H groups in total. The first-order chi connectivity index (χ1) is 12.5. The topological polar surface area (TPSA) is 63.2 Å². The Balaban J connectivity index is 1.56. The molecule has 2 heterocycles. The third-order valence-corrected chi connectivity index (χ3v) is 4.59. The van der Waals surface area contributed by atoms with E-state index in [1.54, 1.807) is 30.3 Å². The number of aromatic nitrogens is 1. The fourth-order valence-corrected chi connectivity index (χ4v) is 3.17. The van der Waals surface area contributed by atoms with E-state index < -0.39 is 6.17 Å². The lowest BCUT2D eigenvalue weighted by molar-refractivity contribution is -0.117. The maximum absolute atomic E-state index is 13.8. The number of halogens is 3. The molecule has 0 aliphatic carbocycles. The van der Waals surface area contributed by atoms with Crippen LogP contribution in [0.2, 0.25) is 10.0 Å². The second-order valence-electron chi connectivity index (χ2n) is 6.09. The summed E-state index contributed by atoms with van der Waals surface area (Å²) >= 11 is 11.8. The molecule has 138 valence electrons. The first-order valence-corrected chi connectivity index (χ1v) is 9.00. The van der Waals surface area contributed by atoms with Crippen molar-refractivity contribution in [2.75, 3.05) is 18.4 Å². The zero-order valence-corrected chi connectivity index (χ0v) is 15.4. The number of hydrogen-bond donors (Lipinski definition) is 2. The highest BCUT2D eigenvalue weighted by Gasteiger charge is 2.26. The second-order valence-corrected chi connectivity index (χ2v) is 6.93. The number of alkyl halides is 1. The molecule has 1 fully saturated rings. The van der Waals surface area contributed by atoms with Crippen LogP contribution in [0.3, 0.4) is 0 Å². The van der Waals surface area contributed by atoms with Gasteiger partial charge >= 0.3 is 0 Å². The molecule has 2 unspecified atom stereocenters. The van der Waals surface area contributed by atoms with Gasteiger partial charge in [-0.2, -0.15) is 0 Å². The average molecular weight is 398 g/mol. The highest BCUT2D eigenvalue weighted by Crippen LogP contribution is 2.29. The van der Waals surface area contributed by atoms with Gasteiger partial charge in [0, 0.05) is 30.8 Å². The van der Waals surface area contributed by atoms with Crippen LogP contribution in [0.15, 0.2) is 36.5 Å². The van der Waals surface area contributed by atoms with Gasteiger partial charge in [0.15, 0.2) is 0 Å². The first-order valence-electron chi connectivity index (χ1n) is 8.25. The Morgan fingerprint density at radius 1 is 1.35 bits per heavy atom. The molecule has 1 aromatic carbocycles. The van der Waals surface area contributed by atoms with Crippen LogP contribution in [-0.4, -0.2) is 30.2 Å². The van der Waals surface area contributed by atoms with Crippen molar-refractivity contribution < 1.29 is 13.9 Å². The summed E-state index contributed by atoms with van der Waals surface area (Å²) in [5.74, 6) is 0.322. The summed E-state index contributed by atoms with van der Waals surface area (Å²) in [6.07, 6.45) is 1.29. The number of nitrogens with zero attached hydrogens (tertiary/aromatic N) is 1. The molecule has 2 aromatic rings. The molecule has 1 aromatic heterocycles. The van der Waals surface area contributed by atoms with Crippen LogP contribution in [0.25, 0.3) is 0 Å².